The monoisotopic (exact) mass is 555 g/mol. The van der Waals surface area contributed by atoms with E-state index in [1.165, 1.54) is 29.2 Å². The highest BCUT2D eigenvalue weighted by atomic mass is 79.9. The van der Waals surface area contributed by atoms with E-state index in [1.54, 1.807) is 0 Å². The van der Waals surface area contributed by atoms with Gasteiger partial charge in [0.15, 0.2) is 9.84 Å². The van der Waals surface area contributed by atoms with E-state index < -0.39 is 38.1 Å². The highest BCUT2D eigenvalue weighted by Crippen LogP contribution is 2.45. The maximum absolute atomic E-state index is 14.5. The standard InChI is InChI=1S/C24H24BrF2NO5S/c25-20-10-5-17(13-21(20)27)24(34(32,33)19-8-6-18(26)7-9-19)11-12-28(14-24)22(29)15-1-3-16(4-2-15)23(30)31/h5-10,13,15-16H,1-4,11-12,14H2,(H,30,31)/t15?,16?,24-/m0/s1. The van der Waals surface area contributed by atoms with Gasteiger partial charge < -0.3 is 10.0 Å². The minimum absolute atomic E-state index is 0.0595. The van der Waals surface area contributed by atoms with Crippen LogP contribution in [0.15, 0.2) is 51.8 Å². The van der Waals surface area contributed by atoms with Crippen LogP contribution < -0.4 is 0 Å². The molecule has 1 saturated carbocycles. The second-order valence-electron chi connectivity index (χ2n) is 8.98. The van der Waals surface area contributed by atoms with Crippen molar-refractivity contribution in [1.29, 1.82) is 0 Å². The lowest BCUT2D eigenvalue weighted by Crippen LogP contribution is -2.42. The van der Waals surface area contributed by atoms with Gasteiger partial charge in [-0.15, -0.1) is 0 Å². The van der Waals surface area contributed by atoms with E-state index in [1.807, 2.05) is 0 Å². The third-order valence-electron chi connectivity index (χ3n) is 7.05. The first kappa shape index (κ1) is 24.8. The van der Waals surface area contributed by atoms with E-state index in [-0.39, 0.29) is 46.3 Å². The van der Waals surface area contributed by atoms with Gasteiger partial charge >= 0.3 is 5.97 Å². The molecular weight excluding hydrogens is 532 g/mol. The van der Waals surface area contributed by atoms with Crippen molar-refractivity contribution in [2.75, 3.05) is 13.1 Å². The van der Waals surface area contributed by atoms with Crippen LogP contribution in [0.5, 0.6) is 0 Å². The lowest BCUT2D eigenvalue weighted by molar-refractivity contribution is -0.145. The summed E-state index contributed by atoms with van der Waals surface area (Å²) in [5, 5.41) is 9.21. The number of rotatable bonds is 5. The van der Waals surface area contributed by atoms with E-state index in [0.29, 0.717) is 25.7 Å². The van der Waals surface area contributed by atoms with E-state index in [9.17, 15) is 31.9 Å². The number of likely N-dealkylation sites (tertiary alicyclic amines) is 1. The average molecular weight is 556 g/mol. The van der Waals surface area contributed by atoms with Crippen LogP contribution in [-0.2, 0) is 24.2 Å². The van der Waals surface area contributed by atoms with Crippen LogP contribution in [0.2, 0.25) is 0 Å². The Hall–Kier alpha value is -2.33. The predicted octanol–water partition coefficient (Wildman–Crippen LogP) is 4.52. The molecule has 1 amide bonds. The molecule has 10 heteroatoms. The van der Waals surface area contributed by atoms with E-state index in [0.717, 1.165) is 18.2 Å². The summed E-state index contributed by atoms with van der Waals surface area (Å²) in [5.41, 5.74) is 0.224. The molecule has 1 atom stereocenters. The molecule has 1 N–H and O–H groups in total. The lowest BCUT2D eigenvalue weighted by atomic mass is 9.81. The van der Waals surface area contributed by atoms with Crippen LogP contribution in [0.3, 0.4) is 0 Å². The first-order chi connectivity index (χ1) is 16.0. The van der Waals surface area contributed by atoms with Crippen molar-refractivity contribution in [3.8, 4) is 0 Å². The number of carbonyl (C=O) groups is 2. The summed E-state index contributed by atoms with van der Waals surface area (Å²) in [4.78, 5) is 25.9. The van der Waals surface area contributed by atoms with Crippen LogP contribution in [-0.4, -0.2) is 43.4 Å². The van der Waals surface area contributed by atoms with E-state index >= 15 is 0 Å². The van der Waals surface area contributed by atoms with E-state index in [2.05, 4.69) is 15.9 Å². The lowest BCUT2D eigenvalue weighted by Gasteiger charge is -2.32. The molecular formula is C24H24BrF2NO5S. The van der Waals surface area contributed by atoms with Gasteiger partial charge in [0.2, 0.25) is 5.91 Å². The zero-order valence-corrected chi connectivity index (χ0v) is 20.6. The number of hydrogen-bond donors (Lipinski definition) is 1. The van der Waals surface area contributed by atoms with Crippen molar-refractivity contribution in [1.82, 2.24) is 4.90 Å². The van der Waals surface area contributed by atoms with Crippen molar-refractivity contribution in [2.45, 2.75) is 41.7 Å². The van der Waals surface area contributed by atoms with Crippen molar-refractivity contribution in [3.63, 3.8) is 0 Å². The maximum atomic E-state index is 14.5. The zero-order valence-electron chi connectivity index (χ0n) is 18.2. The molecule has 2 aliphatic rings. The van der Waals surface area contributed by atoms with Gasteiger partial charge in [-0.05, 0) is 90.0 Å². The Morgan fingerprint density at radius 3 is 2.21 bits per heavy atom. The van der Waals surface area contributed by atoms with Crippen LogP contribution in [0, 0.1) is 23.5 Å². The first-order valence-electron chi connectivity index (χ1n) is 11.0. The van der Waals surface area contributed by atoms with Gasteiger partial charge in [0, 0.05) is 19.0 Å². The van der Waals surface area contributed by atoms with Crippen LogP contribution in [0.1, 0.15) is 37.7 Å². The summed E-state index contributed by atoms with van der Waals surface area (Å²) in [5.74, 6) is -3.12. The molecule has 2 fully saturated rings. The van der Waals surface area contributed by atoms with Crippen LogP contribution >= 0.6 is 15.9 Å². The van der Waals surface area contributed by atoms with Gasteiger partial charge in [0.05, 0.1) is 15.3 Å². The topological polar surface area (TPSA) is 91.8 Å². The summed E-state index contributed by atoms with van der Waals surface area (Å²) >= 11 is 3.09. The number of halogens is 3. The molecule has 1 aliphatic carbocycles. The summed E-state index contributed by atoms with van der Waals surface area (Å²) < 4.78 is 54.3. The Morgan fingerprint density at radius 2 is 1.62 bits per heavy atom. The SMILES string of the molecule is O=C(O)C1CCC(C(=O)N2CC[C@](c3ccc(Br)c(F)c3)(S(=O)(=O)c3ccc(F)cc3)C2)CC1. The second kappa shape index (κ2) is 9.37. The number of carboxylic acid groups (broad SMARTS) is 1. The average Bonchev–Trinajstić information content (AvgIpc) is 3.28. The number of carboxylic acids is 1. The third kappa shape index (κ3) is 4.37. The Bertz CT molecular complexity index is 1210. The van der Waals surface area contributed by atoms with Crippen molar-refractivity contribution < 1.29 is 31.9 Å². The number of hydrogen-bond acceptors (Lipinski definition) is 4. The molecule has 182 valence electrons. The largest absolute Gasteiger partial charge is 0.481 e. The molecule has 4 rings (SSSR count). The molecule has 1 saturated heterocycles. The van der Waals surface area contributed by atoms with E-state index in [4.69, 9.17) is 0 Å². The van der Waals surface area contributed by atoms with Crippen LogP contribution in [0.4, 0.5) is 8.78 Å². The fourth-order valence-corrected chi connectivity index (χ4v) is 7.36. The zero-order chi connectivity index (χ0) is 24.7. The Kier molecular flexibility index (Phi) is 6.83. The molecule has 2 aromatic rings. The highest BCUT2D eigenvalue weighted by molar-refractivity contribution is 9.10. The number of carbonyl (C=O) groups excluding carboxylic acids is 1. The smallest absolute Gasteiger partial charge is 0.306 e. The molecule has 0 unspecified atom stereocenters. The molecule has 0 radical (unpaired) electrons. The molecule has 0 aromatic heterocycles. The summed E-state index contributed by atoms with van der Waals surface area (Å²) in [7, 11) is -4.14. The molecule has 1 heterocycles. The highest BCUT2D eigenvalue weighted by Gasteiger charge is 2.53. The molecule has 0 bridgehead atoms. The second-order valence-corrected chi connectivity index (χ2v) is 12.1. The van der Waals surface area contributed by atoms with Crippen molar-refractivity contribution in [2.24, 2.45) is 11.8 Å². The fourth-order valence-electron chi connectivity index (χ4n) is 5.04. The molecule has 6 nitrogen and oxygen atoms in total. The van der Waals surface area contributed by atoms with Gasteiger partial charge in [-0.25, -0.2) is 17.2 Å². The minimum atomic E-state index is -4.14. The number of sulfone groups is 1. The van der Waals surface area contributed by atoms with Gasteiger partial charge in [0.25, 0.3) is 0 Å². The molecule has 0 spiro atoms. The maximum Gasteiger partial charge on any atom is 0.306 e. The third-order valence-corrected chi connectivity index (χ3v) is 10.2. The summed E-state index contributed by atoms with van der Waals surface area (Å²) in [6.45, 7) is 0.00126. The minimum Gasteiger partial charge on any atom is -0.481 e. The van der Waals surface area contributed by atoms with Gasteiger partial charge in [-0.2, -0.15) is 0 Å². The van der Waals surface area contributed by atoms with Crippen molar-refractivity contribution in [3.05, 3.63) is 64.1 Å². The normalized spacial score (nSPS) is 25.3. The Morgan fingerprint density at radius 1 is 1.00 bits per heavy atom. The number of aliphatic carboxylic acids is 1. The molecule has 1 aliphatic heterocycles. The fraction of sp³-hybridized carbons (Fsp3) is 0.417. The number of nitrogens with zero attached hydrogens (tertiary/aromatic N) is 1. The number of amides is 1. The van der Waals surface area contributed by atoms with Crippen molar-refractivity contribution >= 4 is 37.6 Å². The summed E-state index contributed by atoms with van der Waals surface area (Å²) in [6.07, 6.45) is 1.71. The molecule has 2 aromatic carbocycles. The Balaban J connectivity index is 1.68. The first-order valence-corrected chi connectivity index (χ1v) is 13.3. The van der Waals surface area contributed by atoms with Crippen LogP contribution in [0.25, 0.3) is 0 Å². The predicted molar refractivity (Wildman–Crippen MR) is 124 cm³/mol. The van der Waals surface area contributed by atoms with Gasteiger partial charge in [-0.1, -0.05) is 6.07 Å². The number of benzene rings is 2. The van der Waals surface area contributed by atoms with Gasteiger partial charge in [0.1, 0.15) is 16.4 Å². The quantitative estimate of drug-likeness (QED) is 0.547. The molecule has 34 heavy (non-hydrogen) atoms. The van der Waals surface area contributed by atoms with Gasteiger partial charge in [-0.3, -0.25) is 9.59 Å². The Labute approximate surface area is 205 Å². The summed E-state index contributed by atoms with van der Waals surface area (Å²) in [6, 6.07) is 8.60.